The SMILES string of the molecule is O=C(CCc1nc(-c2ccccn2)cs1)Nc1ccc(Cl)cc1. The van der Waals surface area contributed by atoms with Crippen LogP contribution in [0.25, 0.3) is 11.4 Å². The molecule has 0 spiro atoms. The first-order chi connectivity index (χ1) is 11.2. The lowest BCUT2D eigenvalue weighted by atomic mass is 10.2. The number of amides is 1. The molecule has 0 radical (unpaired) electrons. The maximum Gasteiger partial charge on any atom is 0.224 e. The van der Waals surface area contributed by atoms with Gasteiger partial charge in [0.2, 0.25) is 5.91 Å². The molecule has 23 heavy (non-hydrogen) atoms. The number of aryl methyl sites for hydroxylation is 1. The first kappa shape index (κ1) is 15.6. The zero-order chi connectivity index (χ0) is 16.1. The van der Waals surface area contributed by atoms with E-state index in [0.717, 1.165) is 22.1 Å². The highest BCUT2D eigenvalue weighted by Gasteiger charge is 2.08. The van der Waals surface area contributed by atoms with E-state index in [0.29, 0.717) is 17.9 Å². The smallest absolute Gasteiger partial charge is 0.224 e. The number of hydrogen-bond acceptors (Lipinski definition) is 4. The Morgan fingerprint density at radius 2 is 1.96 bits per heavy atom. The predicted octanol–water partition coefficient (Wildman–Crippen LogP) is 4.43. The van der Waals surface area contributed by atoms with Crippen LogP contribution in [0, 0.1) is 0 Å². The van der Waals surface area contributed by atoms with Crippen molar-refractivity contribution < 1.29 is 4.79 Å². The maximum absolute atomic E-state index is 12.0. The molecule has 0 atom stereocenters. The van der Waals surface area contributed by atoms with E-state index in [1.807, 2.05) is 23.6 Å². The van der Waals surface area contributed by atoms with Crippen LogP contribution < -0.4 is 5.32 Å². The van der Waals surface area contributed by atoms with Crippen molar-refractivity contribution in [3.05, 3.63) is 64.1 Å². The van der Waals surface area contributed by atoms with E-state index in [9.17, 15) is 4.79 Å². The minimum absolute atomic E-state index is 0.0399. The van der Waals surface area contributed by atoms with Gasteiger partial charge in [-0.15, -0.1) is 11.3 Å². The van der Waals surface area contributed by atoms with Crippen molar-refractivity contribution in [3.8, 4) is 11.4 Å². The molecule has 6 heteroatoms. The predicted molar refractivity (Wildman–Crippen MR) is 93.7 cm³/mol. The Kier molecular flexibility index (Phi) is 5.00. The molecule has 0 bridgehead atoms. The quantitative estimate of drug-likeness (QED) is 0.745. The van der Waals surface area contributed by atoms with Crippen molar-refractivity contribution in [3.63, 3.8) is 0 Å². The van der Waals surface area contributed by atoms with Crippen LogP contribution in [0.15, 0.2) is 54.0 Å². The molecule has 1 amide bonds. The molecule has 0 fully saturated rings. The van der Waals surface area contributed by atoms with Crippen LogP contribution in [0.3, 0.4) is 0 Å². The van der Waals surface area contributed by atoms with Crippen LogP contribution in [0.5, 0.6) is 0 Å². The van der Waals surface area contributed by atoms with Crippen molar-refractivity contribution in [2.75, 3.05) is 5.32 Å². The molecular weight excluding hydrogens is 330 g/mol. The van der Waals surface area contributed by atoms with Crippen molar-refractivity contribution in [1.82, 2.24) is 9.97 Å². The van der Waals surface area contributed by atoms with Gasteiger partial charge in [-0.1, -0.05) is 17.7 Å². The third-order valence-electron chi connectivity index (χ3n) is 3.17. The number of benzene rings is 1. The first-order valence-corrected chi connectivity index (χ1v) is 8.38. The normalized spacial score (nSPS) is 10.5. The highest BCUT2D eigenvalue weighted by Crippen LogP contribution is 2.21. The van der Waals surface area contributed by atoms with Gasteiger partial charge in [-0.05, 0) is 36.4 Å². The Morgan fingerprint density at radius 1 is 1.13 bits per heavy atom. The average Bonchev–Trinajstić information content (AvgIpc) is 3.05. The standard InChI is InChI=1S/C17H14ClN3OS/c18-12-4-6-13(7-5-12)20-16(22)8-9-17-21-15(11-23-17)14-3-1-2-10-19-14/h1-7,10-11H,8-9H2,(H,20,22). The molecule has 4 nitrogen and oxygen atoms in total. The number of halogens is 1. The van der Waals surface area contributed by atoms with E-state index in [1.54, 1.807) is 41.8 Å². The molecule has 0 saturated heterocycles. The molecule has 2 aromatic heterocycles. The number of aromatic nitrogens is 2. The molecule has 1 N–H and O–H groups in total. The fourth-order valence-electron chi connectivity index (χ4n) is 2.03. The second kappa shape index (κ2) is 7.35. The number of nitrogens with zero attached hydrogens (tertiary/aromatic N) is 2. The van der Waals surface area contributed by atoms with Gasteiger partial charge in [-0.2, -0.15) is 0 Å². The van der Waals surface area contributed by atoms with E-state index < -0.39 is 0 Å². The number of rotatable bonds is 5. The lowest BCUT2D eigenvalue weighted by Gasteiger charge is -2.04. The van der Waals surface area contributed by atoms with Crippen LogP contribution >= 0.6 is 22.9 Å². The Balaban J connectivity index is 1.55. The highest BCUT2D eigenvalue weighted by molar-refractivity contribution is 7.09. The highest BCUT2D eigenvalue weighted by atomic mass is 35.5. The van der Waals surface area contributed by atoms with Gasteiger partial charge in [0, 0.05) is 35.1 Å². The summed E-state index contributed by atoms with van der Waals surface area (Å²) >= 11 is 7.36. The van der Waals surface area contributed by atoms with Crippen LogP contribution in [0.2, 0.25) is 5.02 Å². The number of carbonyl (C=O) groups excluding carboxylic acids is 1. The van der Waals surface area contributed by atoms with E-state index in [-0.39, 0.29) is 5.91 Å². The Morgan fingerprint density at radius 3 is 2.70 bits per heavy atom. The molecule has 3 aromatic rings. The van der Waals surface area contributed by atoms with Gasteiger partial charge in [0.15, 0.2) is 0 Å². The molecule has 0 aliphatic rings. The summed E-state index contributed by atoms with van der Waals surface area (Å²) in [7, 11) is 0. The number of thiazole rings is 1. The van der Waals surface area contributed by atoms with Gasteiger partial charge in [-0.25, -0.2) is 4.98 Å². The zero-order valence-corrected chi connectivity index (χ0v) is 13.8. The zero-order valence-electron chi connectivity index (χ0n) is 12.2. The molecule has 0 aliphatic heterocycles. The lowest BCUT2D eigenvalue weighted by molar-refractivity contribution is -0.116. The summed E-state index contributed by atoms with van der Waals surface area (Å²) < 4.78 is 0. The fraction of sp³-hybridized carbons (Fsp3) is 0.118. The van der Waals surface area contributed by atoms with Crippen molar-refractivity contribution in [1.29, 1.82) is 0 Å². The van der Waals surface area contributed by atoms with E-state index >= 15 is 0 Å². The number of carbonyl (C=O) groups is 1. The maximum atomic E-state index is 12.0. The lowest BCUT2D eigenvalue weighted by Crippen LogP contribution is -2.12. The van der Waals surface area contributed by atoms with Gasteiger partial charge in [0.05, 0.1) is 16.4 Å². The molecule has 2 heterocycles. The van der Waals surface area contributed by atoms with Gasteiger partial charge in [-0.3, -0.25) is 9.78 Å². The number of anilines is 1. The molecule has 1 aromatic carbocycles. The van der Waals surface area contributed by atoms with Gasteiger partial charge < -0.3 is 5.32 Å². The average molecular weight is 344 g/mol. The largest absolute Gasteiger partial charge is 0.326 e. The third kappa shape index (κ3) is 4.37. The number of nitrogens with one attached hydrogen (secondary N) is 1. The molecule has 0 saturated carbocycles. The van der Waals surface area contributed by atoms with Crippen LogP contribution in [0.1, 0.15) is 11.4 Å². The van der Waals surface area contributed by atoms with E-state index in [2.05, 4.69) is 15.3 Å². The molecular formula is C17H14ClN3OS. The van der Waals surface area contributed by atoms with Crippen LogP contribution in [-0.2, 0) is 11.2 Å². The molecule has 116 valence electrons. The molecule has 0 aliphatic carbocycles. The van der Waals surface area contributed by atoms with E-state index in [4.69, 9.17) is 11.6 Å². The number of pyridine rings is 1. The fourth-order valence-corrected chi connectivity index (χ4v) is 2.95. The van der Waals surface area contributed by atoms with E-state index in [1.165, 1.54) is 0 Å². The van der Waals surface area contributed by atoms with Gasteiger partial charge in [0.25, 0.3) is 0 Å². The first-order valence-electron chi connectivity index (χ1n) is 7.12. The van der Waals surface area contributed by atoms with Gasteiger partial charge in [0.1, 0.15) is 0 Å². The van der Waals surface area contributed by atoms with Crippen molar-refractivity contribution in [2.24, 2.45) is 0 Å². The topological polar surface area (TPSA) is 54.9 Å². The van der Waals surface area contributed by atoms with Crippen LogP contribution in [-0.4, -0.2) is 15.9 Å². The summed E-state index contributed by atoms with van der Waals surface area (Å²) in [6, 6.07) is 12.8. The Labute approximate surface area is 143 Å². The number of hydrogen-bond donors (Lipinski definition) is 1. The second-order valence-electron chi connectivity index (χ2n) is 4.90. The van der Waals surface area contributed by atoms with Crippen molar-refractivity contribution >= 4 is 34.5 Å². The summed E-state index contributed by atoms with van der Waals surface area (Å²) in [4.78, 5) is 20.8. The minimum atomic E-state index is -0.0399. The summed E-state index contributed by atoms with van der Waals surface area (Å²) in [5.74, 6) is -0.0399. The minimum Gasteiger partial charge on any atom is -0.326 e. The third-order valence-corrected chi connectivity index (χ3v) is 4.33. The summed E-state index contributed by atoms with van der Waals surface area (Å²) in [5.41, 5.74) is 2.44. The second-order valence-corrected chi connectivity index (χ2v) is 6.28. The Hall–Kier alpha value is -2.24. The molecule has 3 rings (SSSR count). The van der Waals surface area contributed by atoms with Gasteiger partial charge >= 0.3 is 0 Å². The summed E-state index contributed by atoms with van der Waals surface area (Å²) in [6.45, 7) is 0. The summed E-state index contributed by atoms with van der Waals surface area (Å²) in [5, 5.41) is 6.39. The molecule has 0 unspecified atom stereocenters. The Bertz CT molecular complexity index is 787. The van der Waals surface area contributed by atoms with Crippen molar-refractivity contribution in [2.45, 2.75) is 12.8 Å². The van der Waals surface area contributed by atoms with Crippen LogP contribution in [0.4, 0.5) is 5.69 Å². The summed E-state index contributed by atoms with van der Waals surface area (Å²) in [6.07, 6.45) is 2.74. The monoisotopic (exact) mass is 343 g/mol.